The van der Waals surface area contributed by atoms with Gasteiger partial charge >= 0.3 is 5.97 Å². The SMILES string of the molecule is CCOC(=O)C1=C(C)N=c2s/c(=C/c3ccc(Cl)c([N+](=O)[O-])c3)c(=O)n2[C@@H]1c1ccccc1OC(C)C. The number of aromatic nitrogens is 1. The summed E-state index contributed by atoms with van der Waals surface area (Å²) in [4.78, 5) is 42.5. The highest BCUT2D eigenvalue weighted by molar-refractivity contribution is 7.07. The molecule has 192 valence electrons. The van der Waals surface area contributed by atoms with Gasteiger partial charge in [0.05, 0.1) is 33.4 Å². The highest BCUT2D eigenvalue weighted by Crippen LogP contribution is 2.36. The van der Waals surface area contributed by atoms with Gasteiger partial charge in [-0.05, 0) is 51.5 Å². The molecule has 0 unspecified atom stereocenters. The van der Waals surface area contributed by atoms with Crippen LogP contribution in [0.25, 0.3) is 6.08 Å². The lowest BCUT2D eigenvalue weighted by Crippen LogP contribution is -2.40. The minimum Gasteiger partial charge on any atom is -0.491 e. The number of nitro benzene ring substituents is 1. The number of esters is 1. The molecule has 0 radical (unpaired) electrons. The number of halogens is 1. The van der Waals surface area contributed by atoms with Gasteiger partial charge in [0.15, 0.2) is 4.80 Å². The molecule has 0 spiro atoms. The van der Waals surface area contributed by atoms with Crippen molar-refractivity contribution in [3.8, 4) is 5.75 Å². The van der Waals surface area contributed by atoms with Crippen LogP contribution in [-0.2, 0) is 9.53 Å². The summed E-state index contributed by atoms with van der Waals surface area (Å²) in [6.45, 7) is 7.35. The number of para-hydroxylation sites is 1. The van der Waals surface area contributed by atoms with E-state index in [-0.39, 0.29) is 29.0 Å². The number of allylic oxidation sites excluding steroid dienone is 1. The van der Waals surface area contributed by atoms with Crippen molar-refractivity contribution in [3.05, 3.63) is 99.7 Å². The molecule has 0 saturated heterocycles. The first-order valence-corrected chi connectivity index (χ1v) is 12.7. The fourth-order valence-electron chi connectivity index (χ4n) is 4.06. The zero-order chi connectivity index (χ0) is 26.9. The van der Waals surface area contributed by atoms with Crippen molar-refractivity contribution in [1.29, 1.82) is 0 Å². The van der Waals surface area contributed by atoms with E-state index in [4.69, 9.17) is 21.1 Å². The molecule has 9 nitrogen and oxygen atoms in total. The molecule has 11 heteroatoms. The third-order valence-corrected chi connectivity index (χ3v) is 6.86. The van der Waals surface area contributed by atoms with Gasteiger partial charge < -0.3 is 9.47 Å². The maximum atomic E-state index is 13.8. The van der Waals surface area contributed by atoms with Crippen molar-refractivity contribution >= 4 is 40.7 Å². The predicted molar refractivity (Wildman–Crippen MR) is 141 cm³/mol. The number of nitro groups is 1. The van der Waals surface area contributed by atoms with E-state index in [0.29, 0.717) is 31.9 Å². The molecule has 1 atom stereocenters. The van der Waals surface area contributed by atoms with Crippen LogP contribution in [0, 0.1) is 10.1 Å². The van der Waals surface area contributed by atoms with E-state index in [1.807, 2.05) is 26.0 Å². The van der Waals surface area contributed by atoms with Gasteiger partial charge in [0.25, 0.3) is 11.2 Å². The van der Waals surface area contributed by atoms with Gasteiger partial charge in [-0.25, -0.2) is 9.79 Å². The third-order valence-electron chi connectivity index (χ3n) is 5.56. The summed E-state index contributed by atoms with van der Waals surface area (Å²) in [6.07, 6.45) is 1.40. The van der Waals surface area contributed by atoms with Crippen molar-refractivity contribution in [2.24, 2.45) is 4.99 Å². The zero-order valence-electron chi connectivity index (χ0n) is 20.6. The molecule has 0 saturated carbocycles. The molecule has 0 amide bonds. The molecule has 0 N–H and O–H groups in total. The molecule has 4 rings (SSSR count). The molecule has 1 aliphatic rings. The highest BCUT2D eigenvalue weighted by Gasteiger charge is 2.35. The number of ether oxygens (including phenoxy) is 2. The van der Waals surface area contributed by atoms with Crippen LogP contribution in [0.4, 0.5) is 5.69 Å². The minimum absolute atomic E-state index is 0.0000673. The average Bonchev–Trinajstić information content (AvgIpc) is 3.13. The Morgan fingerprint density at radius 2 is 2.03 bits per heavy atom. The van der Waals surface area contributed by atoms with Gasteiger partial charge in [0.2, 0.25) is 0 Å². The first kappa shape index (κ1) is 26.3. The number of nitrogens with zero attached hydrogens (tertiary/aromatic N) is 3. The van der Waals surface area contributed by atoms with Crippen molar-refractivity contribution in [2.45, 2.75) is 39.8 Å². The zero-order valence-corrected chi connectivity index (χ0v) is 22.1. The highest BCUT2D eigenvalue weighted by atomic mass is 35.5. The van der Waals surface area contributed by atoms with E-state index >= 15 is 0 Å². The normalized spacial score (nSPS) is 15.4. The van der Waals surface area contributed by atoms with Crippen LogP contribution in [0.2, 0.25) is 5.02 Å². The first-order chi connectivity index (χ1) is 17.6. The summed E-state index contributed by atoms with van der Waals surface area (Å²) < 4.78 is 13.1. The fourth-order valence-corrected chi connectivity index (χ4v) is 5.30. The molecule has 2 aromatic carbocycles. The Labute approximate surface area is 221 Å². The Hall–Kier alpha value is -3.76. The van der Waals surface area contributed by atoms with Crippen molar-refractivity contribution < 1.29 is 19.2 Å². The van der Waals surface area contributed by atoms with Gasteiger partial charge in [-0.15, -0.1) is 0 Å². The molecule has 1 aromatic heterocycles. The second-order valence-corrected chi connectivity index (χ2v) is 9.89. The minimum atomic E-state index is -0.841. The summed E-state index contributed by atoms with van der Waals surface area (Å²) in [7, 11) is 0. The molecular formula is C26H24ClN3O6S. The molecule has 1 aliphatic heterocycles. The summed E-state index contributed by atoms with van der Waals surface area (Å²) in [5.41, 5.74) is 1.05. The lowest BCUT2D eigenvalue weighted by Gasteiger charge is -2.26. The van der Waals surface area contributed by atoms with Crippen LogP contribution in [0.5, 0.6) is 5.75 Å². The maximum Gasteiger partial charge on any atom is 0.338 e. The molecule has 0 fully saturated rings. The molecule has 0 bridgehead atoms. The van der Waals surface area contributed by atoms with E-state index in [1.54, 1.807) is 38.1 Å². The van der Waals surface area contributed by atoms with Gasteiger partial charge in [-0.3, -0.25) is 19.5 Å². The van der Waals surface area contributed by atoms with Crippen LogP contribution in [0.1, 0.15) is 44.9 Å². The third kappa shape index (κ3) is 5.21. The van der Waals surface area contributed by atoms with E-state index in [1.165, 1.54) is 16.7 Å². The maximum absolute atomic E-state index is 13.8. The first-order valence-electron chi connectivity index (χ1n) is 11.5. The lowest BCUT2D eigenvalue weighted by atomic mass is 9.95. The van der Waals surface area contributed by atoms with Gasteiger partial charge in [0, 0.05) is 11.6 Å². The van der Waals surface area contributed by atoms with Crippen molar-refractivity contribution in [3.63, 3.8) is 0 Å². The summed E-state index contributed by atoms with van der Waals surface area (Å²) in [6, 6.07) is 10.7. The van der Waals surface area contributed by atoms with Crippen molar-refractivity contribution in [2.75, 3.05) is 6.61 Å². The average molecular weight is 542 g/mol. The number of benzene rings is 2. The van der Waals surface area contributed by atoms with E-state index < -0.39 is 22.5 Å². The van der Waals surface area contributed by atoms with E-state index in [9.17, 15) is 19.7 Å². The van der Waals surface area contributed by atoms with Crippen LogP contribution in [0.15, 0.2) is 63.5 Å². The second-order valence-electron chi connectivity index (χ2n) is 8.47. The van der Waals surface area contributed by atoms with E-state index in [2.05, 4.69) is 4.99 Å². The van der Waals surface area contributed by atoms with Gasteiger partial charge in [-0.1, -0.05) is 47.2 Å². The molecule has 2 heterocycles. The Bertz CT molecular complexity index is 1600. The molecular weight excluding hydrogens is 518 g/mol. The fraction of sp³-hybridized carbons (Fsp3) is 0.269. The smallest absolute Gasteiger partial charge is 0.338 e. The summed E-state index contributed by atoms with van der Waals surface area (Å²) >= 11 is 7.06. The number of thiazole rings is 1. The number of rotatable bonds is 7. The lowest BCUT2D eigenvalue weighted by molar-refractivity contribution is -0.384. The molecule has 0 aliphatic carbocycles. The Kier molecular flexibility index (Phi) is 7.60. The number of hydrogen-bond acceptors (Lipinski definition) is 8. The van der Waals surface area contributed by atoms with Crippen LogP contribution < -0.4 is 19.6 Å². The Morgan fingerprint density at radius 3 is 2.70 bits per heavy atom. The van der Waals surface area contributed by atoms with E-state index in [0.717, 1.165) is 11.3 Å². The quantitative estimate of drug-likeness (QED) is 0.252. The number of carbonyl (C=O) groups is 1. The van der Waals surface area contributed by atoms with Crippen LogP contribution >= 0.6 is 22.9 Å². The standard InChI is InChI=1S/C26H24ClN3O6S/c1-5-35-25(32)22-15(4)28-26-29(23(22)17-8-6-7-9-20(17)36-14(2)3)24(31)21(37-26)13-16-10-11-18(27)19(12-16)30(33)34/h6-14,23H,5H2,1-4H3/b21-13+/t23-/m1/s1. The molecule has 3 aromatic rings. The number of hydrogen-bond donors (Lipinski definition) is 0. The Balaban J connectivity index is 1.98. The Morgan fingerprint density at radius 1 is 1.30 bits per heavy atom. The van der Waals surface area contributed by atoms with Gasteiger partial charge in [-0.2, -0.15) is 0 Å². The van der Waals surface area contributed by atoms with Crippen LogP contribution in [0.3, 0.4) is 0 Å². The molecule has 37 heavy (non-hydrogen) atoms. The van der Waals surface area contributed by atoms with Gasteiger partial charge in [0.1, 0.15) is 16.8 Å². The van der Waals surface area contributed by atoms with Crippen molar-refractivity contribution in [1.82, 2.24) is 4.57 Å². The monoisotopic (exact) mass is 541 g/mol. The summed E-state index contributed by atoms with van der Waals surface area (Å²) in [5.74, 6) is -0.0439. The number of carbonyl (C=O) groups excluding carboxylic acids is 1. The largest absolute Gasteiger partial charge is 0.491 e. The number of fused-ring (bicyclic) bond motifs is 1. The second kappa shape index (κ2) is 10.7. The summed E-state index contributed by atoms with van der Waals surface area (Å²) in [5, 5.41) is 11.3. The predicted octanol–water partition coefficient (Wildman–Crippen LogP) is 4.15. The van der Waals surface area contributed by atoms with Crippen LogP contribution in [-0.4, -0.2) is 28.2 Å². The topological polar surface area (TPSA) is 113 Å².